The summed E-state index contributed by atoms with van der Waals surface area (Å²) in [6.07, 6.45) is 4.73. The number of rotatable bonds is 5. The predicted molar refractivity (Wildman–Crippen MR) is 137 cm³/mol. The lowest BCUT2D eigenvalue weighted by molar-refractivity contribution is -0.140. The Bertz CT molecular complexity index is 1500. The Balaban J connectivity index is 1.66. The molecule has 4 aromatic rings. The summed E-state index contributed by atoms with van der Waals surface area (Å²) in [6, 6.07) is 17.0. The van der Waals surface area contributed by atoms with Gasteiger partial charge in [0.2, 0.25) is 0 Å². The molecule has 0 aliphatic carbocycles. The van der Waals surface area contributed by atoms with E-state index >= 15 is 0 Å². The van der Waals surface area contributed by atoms with Gasteiger partial charge in [0, 0.05) is 18.9 Å². The van der Waals surface area contributed by atoms with Gasteiger partial charge < -0.3 is 10.0 Å². The van der Waals surface area contributed by atoms with Crippen LogP contribution >= 0.6 is 23.2 Å². The zero-order valence-corrected chi connectivity index (χ0v) is 20.6. The van der Waals surface area contributed by atoms with E-state index in [9.17, 15) is 14.7 Å². The maximum atomic E-state index is 13.3. The monoisotopic (exact) mass is 518 g/mol. The van der Waals surface area contributed by atoms with Crippen LogP contribution in [0.5, 0.6) is 0 Å². The second-order valence-electron chi connectivity index (χ2n) is 8.35. The Kier molecular flexibility index (Phi) is 6.35. The van der Waals surface area contributed by atoms with Gasteiger partial charge in [-0.1, -0.05) is 53.5 Å². The second kappa shape index (κ2) is 9.60. The summed E-state index contributed by atoms with van der Waals surface area (Å²) in [6.45, 7) is 1.90. The molecule has 1 atom stereocenters. The topological polar surface area (TPSA) is 88.3 Å². The van der Waals surface area contributed by atoms with Crippen molar-refractivity contribution in [3.8, 4) is 5.69 Å². The summed E-state index contributed by atoms with van der Waals surface area (Å²) in [4.78, 5) is 32.1. The van der Waals surface area contributed by atoms with Gasteiger partial charge in [-0.3, -0.25) is 14.6 Å². The molecule has 1 aliphatic rings. The number of carbonyl (C=O) groups is 2. The molecule has 9 heteroatoms. The summed E-state index contributed by atoms with van der Waals surface area (Å²) < 4.78 is 1.66. The number of amides is 1. The van der Waals surface area contributed by atoms with Crippen molar-refractivity contribution in [2.24, 2.45) is 0 Å². The first-order valence-electron chi connectivity index (χ1n) is 11.1. The molecule has 5 rings (SSSR count). The third-order valence-electron chi connectivity index (χ3n) is 6.14. The van der Waals surface area contributed by atoms with Crippen molar-refractivity contribution in [2.45, 2.75) is 19.5 Å². The number of hydrogen-bond donors (Lipinski definition) is 1. The lowest BCUT2D eigenvalue weighted by Crippen LogP contribution is -2.29. The van der Waals surface area contributed by atoms with Crippen LogP contribution in [0.15, 0.2) is 84.8 Å². The molecule has 0 radical (unpaired) electrons. The van der Waals surface area contributed by atoms with E-state index in [2.05, 4.69) is 10.1 Å². The fourth-order valence-electron chi connectivity index (χ4n) is 4.38. The second-order valence-corrected chi connectivity index (χ2v) is 9.17. The summed E-state index contributed by atoms with van der Waals surface area (Å²) in [5.41, 5.74) is 3.00. The first kappa shape index (κ1) is 23.8. The van der Waals surface area contributed by atoms with Crippen LogP contribution in [-0.2, 0) is 16.1 Å². The van der Waals surface area contributed by atoms with E-state index < -0.39 is 17.7 Å². The molecule has 1 aliphatic heterocycles. The highest BCUT2D eigenvalue weighted by molar-refractivity contribution is 6.46. The summed E-state index contributed by atoms with van der Waals surface area (Å²) in [5.74, 6) is -1.83. The van der Waals surface area contributed by atoms with Gasteiger partial charge in [-0.2, -0.15) is 5.10 Å². The Labute approximate surface area is 217 Å². The lowest BCUT2D eigenvalue weighted by atomic mass is 9.95. The summed E-state index contributed by atoms with van der Waals surface area (Å²) in [5, 5.41) is 16.5. The Hall–Kier alpha value is -3.94. The van der Waals surface area contributed by atoms with Crippen molar-refractivity contribution in [3.05, 3.63) is 117 Å². The molecule has 0 saturated carbocycles. The van der Waals surface area contributed by atoms with Crippen LogP contribution in [0.1, 0.15) is 28.4 Å². The van der Waals surface area contributed by atoms with E-state index in [1.165, 1.54) is 11.1 Å². The molecule has 1 amide bonds. The minimum atomic E-state index is -0.889. The Morgan fingerprint density at radius 1 is 1.00 bits per heavy atom. The average Bonchev–Trinajstić information content (AvgIpc) is 3.39. The highest BCUT2D eigenvalue weighted by Crippen LogP contribution is 2.42. The van der Waals surface area contributed by atoms with Crippen LogP contribution in [0.4, 0.5) is 0 Å². The van der Waals surface area contributed by atoms with Gasteiger partial charge in [0.1, 0.15) is 5.76 Å². The van der Waals surface area contributed by atoms with Crippen molar-refractivity contribution in [2.75, 3.05) is 0 Å². The minimum Gasteiger partial charge on any atom is -0.507 e. The van der Waals surface area contributed by atoms with Gasteiger partial charge >= 0.3 is 0 Å². The first-order valence-corrected chi connectivity index (χ1v) is 11.8. The molecule has 0 spiro atoms. The Morgan fingerprint density at radius 3 is 2.47 bits per heavy atom. The van der Waals surface area contributed by atoms with Crippen molar-refractivity contribution in [1.82, 2.24) is 19.7 Å². The smallest absolute Gasteiger partial charge is 0.295 e. The number of pyridine rings is 1. The molecular formula is C27H20Cl2N4O3. The van der Waals surface area contributed by atoms with Crippen molar-refractivity contribution in [1.29, 1.82) is 0 Å². The number of nitrogens with zero attached hydrogens (tertiary/aromatic N) is 4. The van der Waals surface area contributed by atoms with E-state index in [1.807, 2.05) is 36.4 Å². The van der Waals surface area contributed by atoms with E-state index in [0.29, 0.717) is 21.8 Å². The number of aliphatic hydroxyl groups excluding tert-OH is 1. The fraction of sp³-hybridized carbons (Fsp3) is 0.111. The number of aliphatic hydroxyl groups is 1. The van der Waals surface area contributed by atoms with Gasteiger partial charge in [-0.05, 0) is 48.4 Å². The van der Waals surface area contributed by atoms with Gasteiger partial charge in [-0.15, -0.1) is 0 Å². The third-order valence-corrected chi connectivity index (χ3v) is 6.88. The maximum absolute atomic E-state index is 13.3. The largest absolute Gasteiger partial charge is 0.507 e. The predicted octanol–water partition coefficient (Wildman–Crippen LogP) is 5.50. The third kappa shape index (κ3) is 4.17. The number of Topliss-reactive ketones (excluding diaryl/α,β-unsaturated/α-hetero) is 1. The highest BCUT2D eigenvalue weighted by atomic mass is 35.5. The summed E-state index contributed by atoms with van der Waals surface area (Å²) in [7, 11) is 0. The van der Waals surface area contributed by atoms with Crippen molar-refractivity contribution in [3.63, 3.8) is 0 Å². The SMILES string of the molecule is Cc1c(/C(O)=C2\C(=O)C(=O)N(Cc3cccnc3)C2c2ccc(Cl)c(Cl)c2)cnn1-c1ccccc1. The number of ketones is 1. The van der Waals surface area contributed by atoms with Crippen molar-refractivity contribution < 1.29 is 14.7 Å². The zero-order valence-electron chi connectivity index (χ0n) is 19.1. The number of para-hydroxylation sites is 1. The molecule has 3 heterocycles. The van der Waals surface area contributed by atoms with Crippen LogP contribution in [0.25, 0.3) is 11.4 Å². The molecule has 1 fully saturated rings. The summed E-state index contributed by atoms with van der Waals surface area (Å²) >= 11 is 12.4. The number of aromatic nitrogens is 3. The molecular weight excluding hydrogens is 499 g/mol. The quantitative estimate of drug-likeness (QED) is 0.214. The number of benzene rings is 2. The van der Waals surface area contributed by atoms with E-state index in [0.717, 1.165) is 11.3 Å². The number of likely N-dealkylation sites (tertiary alicyclic amines) is 1. The van der Waals surface area contributed by atoms with Crippen LogP contribution in [0.3, 0.4) is 0 Å². The van der Waals surface area contributed by atoms with Gasteiger partial charge in [-0.25, -0.2) is 4.68 Å². The molecule has 7 nitrogen and oxygen atoms in total. The van der Waals surface area contributed by atoms with Gasteiger partial charge in [0.15, 0.2) is 0 Å². The average molecular weight is 519 g/mol. The maximum Gasteiger partial charge on any atom is 0.295 e. The molecule has 2 aromatic heterocycles. The minimum absolute atomic E-state index is 0.0435. The molecule has 0 bridgehead atoms. The number of carbonyl (C=O) groups excluding carboxylic acids is 2. The van der Waals surface area contributed by atoms with Crippen LogP contribution in [0.2, 0.25) is 10.0 Å². The number of hydrogen-bond acceptors (Lipinski definition) is 5. The number of halogens is 2. The molecule has 1 saturated heterocycles. The van der Waals surface area contributed by atoms with Crippen molar-refractivity contribution >= 4 is 40.7 Å². The molecule has 36 heavy (non-hydrogen) atoms. The zero-order chi connectivity index (χ0) is 25.4. The van der Waals surface area contributed by atoms with Crippen LogP contribution in [-0.4, -0.2) is 36.5 Å². The van der Waals surface area contributed by atoms with Crippen LogP contribution < -0.4 is 0 Å². The first-order chi connectivity index (χ1) is 17.4. The molecule has 1 unspecified atom stereocenters. The van der Waals surface area contributed by atoms with E-state index in [1.54, 1.807) is 48.3 Å². The molecule has 1 N–H and O–H groups in total. The van der Waals surface area contributed by atoms with Crippen LogP contribution in [0, 0.1) is 6.92 Å². The highest BCUT2D eigenvalue weighted by Gasteiger charge is 2.46. The standard InChI is InChI=1S/C27H20Cl2N4O3/c1-16-20(14-31-33(16)19-7-3-2-4-8-19)25(34)23-24(18-9-10-21(28)22(29)12-18)32(27(36)26(23)35)15-17-6-5-11-30-13-17/h2-14,24,34H,15H2,1H3/b25-23+. The molecule has 180 valence electrons. The van der Waals surface area contributed by atoms with Gasteiger partial charge in [0.25, 0.3) is 11.7 Å². The van der Waals surface area contributed by atoms with E-state index in [-0.39, 0.29) is 22.9 Å². The molecule has 2 aromatic carbocycles. The lowest BCUT2D eigenvalue weighted by Gasteiger charge is -2.25. The normalized spacial score (nSPS) is 17.1. The van der Waals surface area contributed by atoms with Gasteiger partial charge in [0.05, 0.1) is 44.8 Å². The Morgan fingerprint density at radius 2 is 1.78 bits per heavy atom. The fourth-order valence-corrected chi connectivity index (χ4v) is 4.68. The van der Waals surface area contributed by atoms with E-state index in [4.69, 9.17) is 23.2 Å².